The number of nitrogens with one attached hydrogen (secondary N) is 1. The van der Waals surface area contributed by atoms with E-state index in [1.165, 1.54) is 4.88 Å². The molecule has 0 saturated carbocycles. The predicted molar refractivity (Wildman–Crippen MR) is 69.4 cm³/mol. The number of nitrogens with zero attached hydrogens (tertiary/aromatic N) is 2. The second-order valence-corrected chi connectivity index (χ2v) is 5.60. The molecule has 0 aliphatic carbocycles. The number of hydrogen-bond donors (Lipinski definition) is 1. The molecule has 0 bridgehead atoms. The fraction of sp³-hybridized carbons (Fsp3) is 0.545. The Labute approximate surface area is 108 Å². The first-order valence-electron chi connectivity index (χ1n) is 5.37. The Morgan fingerprint density at radius 2 is 2.31 bits per heavy atom. The molecule has 0 spiro atoms. The summed E-state index contributed by atoms with van der Waals surface area (Å²) in [5.41, 5.74) is 0. The SMILES string of the molecule is N#CC[C@H](c1sccc1Br)N1CCNCC1. The maximum atomic E-state index is 8.95. The highest BCUT2D eigenvalue weighted by Gasteiger charge is 2.24. The van der Waals surface area contributed by atoms with E-state index in [1.54, 1.807) is 11.3 Å². The number of piperazine rings is 1. The molecule has 1 N–H and O–H groups in total. The second-order valence-electron chi connectivity index (χ2n) is 3.80. The summed E-state index contributed by atoms with van der Waals surface area (Å²) in [7, 11) is 0. The van der Waals surface area contributed by atoms with Gasteiger partial charge >= 0.3 is 0 Å². The Kier molecular flexibility index (Phi) is 4.36. The summed E-state index contributed by atoms with van der Waals surface area (Å²) in [6.45, 7) is 4.09. The minimum Gasteiger partial charge on any atom is -0.314 e. The van der Waals surface area contributed by atoms with E-state index < -0.39 is 0 Å². The van der Waals surface area contributed by atoms with E-state index in [4.69, 9.17) is 5.26 Å². The van der Waals surface area contributed by atoms with Crippen LogP contribution in [-0.4, -0.2) is 31.1 Å². The molecule has 1 fully saturated rings. The standard InChI is InChI=1S/C11H14BrN3S/c12-9-2-8-16-11(9)10(1-3-13)15-6-4-14-5-7-15/h2,8,10,14H,1,4-7H2/t10-/m1/s1. The van der Waals surface area contributed by atoms with E-state index in [0.717, 1.165) is 30.7 Å². The van der Waals surface area contributed by atoms with Crippen LogP contribution >= 0.6 is 27.3 Å². The van der Waals surface area contributed by atoms with Crippen molar-refractivity contribution >= 4 is 27.3 Å². The van der Waals surface area contributed by atoms with Crippen molar-refractivity contribution in [3.05, 3.63) is 20.8 Å². The molecule has 1 atom stereocenters. The van der Waals surface area contributed by atoms with E-state index in [0.29, 0.717) is 6.42 Å². The van der Waals surface area contributed by atoms with Crippen molar-refractivity contribution in [3.63, 3.8) is 0 Å². The molecule has 1 aromatic heterocycles. The minimum atomic E-state index is 0.251. The van der Waals surface area contributed by atoms with Gasteiger partial charge in [-0.05, 0) is 27.4 Å². The molecule has 1 aromatic rings. The van der Waals surface area contributed by atoms with E-state index in [9.17, 15) is 0 Å². The Bertz CT molecular complexity index is 379. The molecule has 0 radical (unpaired) electrons. The van der Waals surface area contributed by atoms with E-state index in [2.05, 4.69) is 43.7 Å². The first-order chi connectivity index (χ1) is 7.83. The van der Waals surface area contributed by atoms with Gasteiger partial charge in [-0.2, -0.15) is 5.26 Å². The maximum absolute atomic E-state index is 8.95. The highest BCUT2D eigenvalue weighted by atomic mass is 79.9. The molecule has 3 nitrogen and oxygen atoms in total. The van der Waals surface area contributed by atoms with E-state index in [1.807, 2.05) is 0 Å². The van der Waals surface area contributed by atoms with Gasteiger partial charge in [0.1, 0.15) is 0 Å². The number of halogens is 1. The highest BCUT2D eigenvalue weighted by molar-refractivity contribution is 9.10. The Morgan fingerprint density at radius 3 is 2.88 bits per heavy atom. The summed E-state index contributed by atoms with van der Waals surface area (Å²) >= 11 is 5.29. The molecule has 0 aromatic carbocycles. The normalized spacial score (nSPS) is 19.2. The van der Waals surface area contributed by atoms with E-state index in [-0.39, 0.29) is 6.04 Å². The summed E-state index contributed by atoms with van der Waals surface area (Å²) in [6, 6.07) is 4.62. The highest BCUT2D eigenvalue weighted by Crippen LogP contribution is 2.34. The average molecular weight is 300 g/mol. The predicted octanol–water partition coefficient (Wildman–Crippen LogP) is 2.37. The smallest absolute Gasteiger partial charge is 0.0642 e. The minimum absolute atomic E-state index is 0.251. The third-order valence-electron chi connectivity index (χ3n) is 2.82. The van der Waals surface area contributed by atoms with Crippen molar-refractivity contribution in [1.29, 1.82) is 5.26 Å². The van der Waals surface area contributed by atoms with Crippen LogP contribution in [0.4, 0.5) is 0 Å². The Hall–Kier alpha value is -0.410. The Morgan fingerprint density at radius 1 is 1.56 bits per heavy atom. The first kappa shape index (κ1) is 12.1. The molecular formula is C11H14BrN3S. The monoisotopic (exact) mass is 299 g/mol. The van der Waals surface area contributed by atoms with Crippen molar-refractivity contribution in [2.75, 3.05) is 26.2 Å². The van der Waals surface area contributed by atoms with Crippen LogP contribution in [0.15, 0.2) is 15.9 Å². The van der Waals surface area contributed by atoms with Crippen molar-refractivity contribution in [3.8, 4) is 6.07 Å². The molecule has 1 aliphatic heterocycles. The van der Waals surface area contributed by atoms with E-state index >= 15 is 0 Å². The molecule has 1 saturated heterocycles. The summed E-state index contributed by atoms with van der Waals surface area (Å²) in [5.74, 6) is 0. The largest absolute Gasteiger partial charge is 0.314 e. The van der Waals surface area contributed by atoms with Gasteiger partial charge in [-0.1, -0.05) is 0 Å². The molecule has 5 heteroatoms. The van der Waals surface area contributed by atoms with Crippen molar-refractivity contribution in [1.82, 2.24) is 10.2 Å². The number of nitriles is 1. The summed E-state index contributed by atoms with van der Waals surface area (Å²) < 4.78 is 1.14. The molecular weight excluding hydrogens is 286 g/mol. The molecule has 1 aliphatic rings. The van der Waals surface area contributed by atoms with Gasteiger partial charge in [-0.25, -0.2) is 0 Å². The van der Waals surface area contributed by atoms with Gasteiger partial charge in [0.25, 0.3) is 0 Å². The van der Waals surface area contributed by atoms with Gasteiger partial charge in [-0.15, -0.1) is 11.3 Å². The number of rotatable bonds is 3. The summed E-state index contributed by atoms with van der Waals surface area (Å²) in [5, 5.41) is 14.4. The van der Waals surface area contributed by atoms with Gasteiger partial charge in [-0.3, -0.25) is 4.90 Å². The lowest BCUT2D eigenvalue weighted by atomic mass is 10.1. The number of hydrogen-bond acceptors (Lipinski definition) is 4. The van der Waals surface area contributed by atoms with Crippen LogP contribution in [0.5, 0.6) is 0 Å². The van der Waals surface area contributed by atoms with Crippen LogP contribution in [0.3, 0.4) is 0 Å². The van der Waals surface area contributed by atoms with Crippen LogP contribution in [-0.2, 0) is 0 Å². The van der Waals surface area contributed by atoms with Crippen molar-refractivity contribution in [2.45, 2.75) is 12.5 Å². The molecule has 86 valence electrons. The first-order valence-corrected chi connectivity index (χ1v) is 7.05. The second kappa shape index (κ2) is 5.78. The van der Waals surface area contributed by atoms with Gasteiger partial charge in [0.2, 0.25) is 0 Å². The molecule has 2 rings (SSSR count). The van der Waals surface area contributed by atoms with Crippen LogP contribution in [0.2, 0.25) is 0 Å². The molecule has 0 amide bonds. The third-order valence-corrected chi connectivity index (χ3v) is 4.80. The fourth-order valence-electron chi connectivity index (χ4n) is 2.01. The maximum Gasteiger partial charge on any atom is 0.0642 e. The lowest BCUT2D eigenvalue weighted by Gasteiger charge is -2.33. The van der Waals surface area contributed by atoms with Gasteiger partial charge < -0.3 is 5.32 Å². The van der Waals surface area contributed by atoms with Crippen molar-refractivity contribution in [2.24, 2.45) is 0 Å². The summed E-state index contributed by atoms with van der Waals surface area (Å²) in [4.78, 5) is 3.68. The lowest BCUT2D eigenvalue weighted by Crippen LogP contribution is -2.45. The van der Waals surface area contributed by atoms with Crippen LogP contribution < -0.4 is 5.32 Å². The zero-order valence-electron chi connectivity index (χ0n) is 8.95. The molecule has 16 heavy (non-hydrogen) atoms. The lowest BCUT2D eigenvalue weighted by molar-refractivity contribution is 0.177. The van der Waals surface area contributed by atoms with Crippen molar-refractivity contribution < 1.29 is 0 Å². The fourth-order valence-corrected chi connectivity index (χ4v) is 3.78. The average Bonchev–Trinajstić information content (AvgIpc) is 2.73. The zero-order chi connectivity index (χ0) is 11.4. The Balaban J connectivity index is 2.16. The topological polar surface area (TPSA) is 39.1 Å². The van der Waals surface area contributed by atoms with Gasteiger partial charge in [0.05, 0.1) is 18.5 Å². The van der Waals surface area contributed by atoms with Crippen LogP contribution in [0, 0.1) is 11.3 Å². The molecule has 0 unspecified atom stereocenters. The van der Waals surface area contributed by atoms with Crippen LogP contribution in [0.1, 0.15) is 17.3 Å². The number of thiophene rings is 1. The zero-order valence-corrected chi connectivity index (χ0v) is 11.4. The van der Waals surface area contributed by atoms with Gasteiger partial charge in [0, 0.05) is 35.5 Å². The summed E-state index contributed by atoms with van der Waals surface area (Å²) in [6.07, 6.45) is 0.569. The van der Waals surface area contributed by atoms with Gasteiger partial charge in [0.15, 0.2) is 0 Å². The quantitative estimate of drug-likeness (QED) is 0.931. The molecule has 2 heterocycles. The van der Waals surface area contributed by atoms with Crippen LogP contribution in [0.25, 0.3) is 0 Å². The third kappa shape index (κ3) is 2.64.